The van der Waals surface area contributed by atoms with Crippen molar-refractivity contribution in [2.24, 2.45) is 5.73 Å². The highest BCUT2D eigenvalue weighted by molar-refractivity contribution is 5.91. The Kier molecular flexibility index (Phi) is 5.49. The summed E-state index contributed by atoms with van der Waals surface area (Å²) in [4.78, 5) is 41.4. The molecule has 90 valence electrons. The first-order chi connectivity index (χ1) is 7.31. The lowest BCUT2D eigenvalue weighted by atomic mass is 10.4. The first kappa shape index (κ1) is 13.8. The fraction of sp³-hybridized carbons (Fsp3) is 0.429. The van der Waals surface area contributed by atoms with Crippen molar-refractivity contribution in [2.45, 2.75) is 19.3 Å². The average Bonchev–Trinajstić information content (AvgIpc) is 1.97. The number of aliphatic carboxylic acids is 2. The number of rotatable bonds is 6. The van der Waals surface area contributed by atoms with Gasteiger partial charge in [0, 0.05) is 0 Å². The quantitative estimate of drug-likeness (QED) is 0.276. The molecular formula is C7H9NO8. The number of hydrogen-bond donors (Lipinski definition) is 3. The number of nitrogens with two attached hydrogens (primary N) is 1. The molecule has 0 spiro atoms. The van der Waals surface area contributed by atoms with Crippen LogP contribution in [0, 0.1) is 0 Å². The van der Waals surface area contributed by atoms with Gasteiger partial charge in [0.15, 0.2) is 0 Å². The van der Waals surface area contributed by atoms with Gasteiger partial charge in [0.2, 0.25) is 0 Å². The van der Waals surface area contributed by atoms with Gasteiger partial charge in [-0.3, -0.25) is 24.9 Å². The van der Waals surface area contributed by atoms with Gasteiger partial charge in [-0.1, -0.05) is 0 Å². The second-order valence-corrected chi connectivity index (χ2v) is 2.49. The zero-order valence-electron chi connectivity index (χ0n) is 7.91. The highest BCUT2D eigenvalue weighted by Crippen LogP contribution is 1.95. The summed E-state index contributed by atoms with van der Waals surface area (Å²) in [6, 6.07) is 0. The molecule has 9 heteroatoms. The molecular weight excluding hydrogens is 226 g/mol. The maximum absolute atomic E-state index is 10.7. The van der Waals surface area contributed by atoms with Crippen LogP contribution >= 0.6 is 0 Å². The van der Waals surface area contributed by atoms with Gasteiger partial charge in [0.05, 0.1) is 0 Å². The van der Waals surface area contributed by atoms with Gasteiger partial charge in [-0.25, -0.2) is 0 Å². The van der Waals surface area contributed by atoms with E-state index in [1.165, 1.54) is 0 Å². The minimum Gasteiger partial charge on any atom is -0.481 e. The molecule has 0 aromatic rings. The Morgan fingerprint density at radius 2 is 1.25 bits per heavy atom. The second kappa shape index (κ2) is 6.35. The molecule has 0 unspecified atom stereocenters. The Morgan fingerprint density at radius 1 is 0.938 bits per heavy atom. The third-order valence-corrected chi connectivity index (χ3v) is 1.09. The fourth-order valence-electron chi connectivity index (χ4n) is 0.613. The summed E-state index contributed by atoms with van der Waals surface area (Å²) in [7, 11) is 0. The molecule has 16 heavy (non-hydrogen) atoms. The Balaban J connectivity index is 3.94. The summed E-state index contributed by atoms with van der Waals surface area (Å²) in [5, 5.41) is 16.3. The second-order valence-electron chi connectivity index (χ2n) is 2.49. The number of hydrogen-bond acceptors (Lipinski definition) is 7. The van der Waals surface area contributed by atoms with E-state index in [1.807, 2.05) is 0 Å². The number of carbonyl (C=O) groups is 4. The van der Waals surface area contributed by atoms with Crippen LogP contribution in [0.2, 0.25) is 0 Å². The van der Waals surface area contributed by atoms with Gasteiger partial charge in [0.1, 0.15) is 12.8 Å². The van der Waals surface area contributed by atoms with Gasteiger partial charge >= 0.3 is 30.3 Å². The molecule has 0 aliphatic rings. The number of carboxylic acids is 2. The predicted octanol–water partition coefficient (Wildman–Crippen LogP) is -1.74. The van der Waals surface area contributed by atoms with E-state index in [0.29, 0.717) is 0 Å². The van der Waals surface area contributed by atoms with E-state index >= 15 is 0 Å². The molecule has 0 aliphatic heterocycles. The van der Waals surface area contributed by atoms with Crippen molar-refractivity contribution >= 4 is 23.9 Å². The summed E-state index contributed by atoms with van der Waals surface area (Å²) in [6.07, 6.45) is -3.70. The third kappa shape index (κ3) is 7.26. The molecule has 0 amide bonds. The average molecular weight is 235 g/mol. The van der Waals surface area contributed by atoms with Gasteiger partial charge < -0.3 is 19.7 Å². The molecule has 4 N–H and O–H groups in total. The van der Waals surface area contributed by atoms with E-state index in [-0.39, 0.29) is 0 Å². The molecule has 0 heterocycles. The van der Waals surface area contributed by atoms with Crippen LogP contribution in [0.5, 0.6) is 0 Å². The number of ether oxygens (including phenoxy) is 2. The lowest BCUT2D eigenvalue weighted by Gasteiger charge is -2.12. The van der Waals surface area contributed by atoms with E-state index in [2.05, 4.69) is 9.47 Å². The van der Waals surface area contributed by atoms with Crippen LogP contribution in [0.4, 0.5) is 0 Å². The molecule has 0 aliphatic carbocycles. The molecule has 0 aromatic carbocycles. The predicted molar refractivity (Wildman–Crippen MR) is 44.7 cm³/mol. The van der Waals surface area contributed by atoms with Gasteiger partial charge in [-0.05, 0) is 0 Å². The van der Waals surface area contributed by atoms with Crippen molar-refractivity contribution in [1.29, 1.82) is 0 Å². The summed E-state index contributed by atoms with van der Waals surface area (Å²) >= 11 is 0. The Morgan fingerprint density at radius 3 is 1.50 bits per heavy atom. The van der Waals surface area contributed by atoms with Crippen molar-refractivity contribution in [3.05, 3.63) is 0 Å². The van der Waals surface area contributed by atoms with Crippen molar-refractivity contribution < 1.29 is 38.9 Å². The summed E-state index contributed by atoms with van der Waals surface area (Å²) in [5.74, 6) is -5.28. The molecule has 0 atom stereocenters. The van der Waals surface area contributed by atoms with Crippen LogP contribution in [0.3, 0.4) is 0 Å². The van der Waals surface area contributed by atoms with Crippen LogP contribution in [0.15, 0.2) is 0 Å². The van der Waals surface area contributed by atoms with Crippen LogP contribution < -0.4 is 5.73 Å². The standard InChI is InChI=1S/C7H9NO8/c8-7(15-5(13)1-3(9)10)16-6(14)2-4(11)12/h7H,1-2,8H2,(H,9,10)(H,11,12). The van der Waals surface area contributed by atoms with Crippen molar-refractivity contribution in [3.63, 3.8) is 0 Å². The highest BCUT2D eigenvalue weighted by Gasteiger charge is 2.18. The minimum absolute atomic E-state index is 0.940. The SMILES string of the molecule is NC(OC(=O)CC(=O)O)OC(=O)CC(=O)O. The van der Waals surface area contributed by atoms with Crippen LogP contribution in [0.25, 0.3) is 0 Å². The summed E-state index contributed by atoms with van der Waals surface area (Å²) in [5.41, 5.74) is 4.95. The maximum Gasteiger partial charge on any atom is 0.321 e. The summed E-state index contributed by atoms with van der Waals surface area (Å²) in [6.45, 7) is 0. The third-order valence-electron chi connectivity index (χ3n) is 1.09. The molecule has 0 saturated carbocycles. The zero-order chi connectivity index (χ0) is 12.7. The fourth-order valence-corrected chi connectivity index (χ4v) is 0.613. The monoisotopic (exact) mass is 235 g/mol. The van der Waals surface area contributed by atoms with Crippen molar-refractivity contribution in [1.82, 2.24) is 0 Å². The zero-order valence-corrected chi connectivity index (χ0v) is 7.91. The topological polar surface area (TPSA) is 153 Å². The maximum atomic E-state index is 10.7. The molecule has 9 nitrogen and oxygen atoms in total. The molecule has 0 aromatic heterocycles. The van der Waals surface area contributed by atoms with E-state index in [0.717, 1.165) is 0 Å². The van der Waals surface area contributed by atoms with E-state index in [9.17, 15) is 19.2 Å². The van der Waals surface area contributed by atoms with Crippen molar-refractivity contribution in [3.8, 4) is 0 Å². The largest absolute Gasteiger partial charge is 0.481 e. The highest BCUT2D eigenvalue weighted by atomic mass is 16.7. The van der Waals surface area contributed by atoms with Gasteiger partial charge in [-0.15, -0.1) is 0 Å². The number of esters is 2. The van der Waals surface area contributed by atoms with Gasteiger partial charge in [0.25, 0.3) is 0 Å². The Hall–Kier alpha value is -2.16. The van der Waals surface area contributed by atoms with E-state index in [1.54, 1.807) is 0 Å². The minimum atomic E-state index is -1.82. The van der Waals surface area contributed by atoms with E-state index < -0.39 is 43.1 Å². The lowest BCUT2D eigenvalue weighted by Crippen LogP contribution is -2.33. The van der Waals surface area contributed by atoms with Crippen molar-refractivity contribution in [2.75, 3.05) is 0 Å². The first-order valence-electron chi connectivity index (χ1n) is 3.89. The smallest absolute Gasteiger partial charge is 0.321 e. The Bertz CT molecular complexity index is 282. The Labute approximate surface area is 88.7 Å². The van der Waals surface area contributed by atoms with Gasteiger partial charge in [-0.2, -0.15) is 0 Å². The molecule has 0 fully saturated rings. The summed E-state index contributed by atoms with van der Waals surface area (Å²) < 4.78 is 8.27. The molecule has 0 saturated heterocycles. The molecule has 0 radical (unpaired) electrons. The first-order valence-corrected chi connectivity index (χ1v) is 3.89. The molecule has 0 bridgehead atoms. The van der Waals surface area contributed by atoms with Crippen LogP contribution in [0.1, 0.15) is 12.8 Å². The molecule has 0 rings (SSSR count). The number of carbonyl (C=O) groups excluding carboxylic acids is 2. The van der Waals surface area contributed by atoms with E-state index in [4.69, 9.17) is 15.9 Å². The lowest BCUT2D eigenvalue weighted by molar-refractivity contribution is -0.187. The van der Waals surface area contributed by atoms with Crippen LogP contribution in [-0.2, 0) is 28.7 Å². The number of carboxylic acid groups (broad SMARTS) is 2. The normalized spacial score (nSPS) is 9.62. The van der Waals surface area contributed by atoms with Crippen LogP contribution in [-0.4, -0.2) is 40.5 Å².